The molecule has 0 unspecified atom stereocenters. The first-order chi connectivity index (χ1) is 11.1. The Labute approximate surface area is 136 Å². The smallest absolute Gasteiger partial charge is 0.336 e. The van der Waals surface area contributed by atoms with Crippen LogP contribution in [0.2, 0.25) is 0 Å². The van der Waals surface area contributed by atoms with E-state index in [0.29, 0.717) is 11.6 Å². The molecule has 118 valence electrons. The van der Waals surface area contributed by atoms with E-state index in [2.05, 4.69) is 48.6 Å². The van der Waals surface area contributed by atoms with Crippen LogP contribution >= 0.6 is 0 Å². The molecule has 0 bridgehead atoms. The molecule has 3 aromatic rings. The van der Waals surface area contributed by atoms with Crippen molar-refractivity contribution in [2.75, 3.05) is 0 Å². The predicted molar refractivity (Wildman–Crippen MR) is 92.4 cm³/mol. The third kappa shape index (κ3) is 3.20. The van der Waals surface area contributed by atoms with Crippen LogP contribution < -0.4 is 10.9 Å². The van der Waals surface area contributed by atoms with Gasteiger partial charge in [-0.05, 0) is 31.9 Å². The third-order valence-electron chi connectivity index (χ3n) is 4.53. The summed E-state index contributed by atoms with van der Waals surface area (Å²) in [5.74, 6) is 0. The zero-order chi connectivity index (χ0) is 16.4. The highest BCUT2D eigenvalue weighted by atomic mass is 16.4. The number of fused-ring (bicyclic) bond motifs is 1. The first-order valence-corrected chi connectivity index (χ1v) is 7.97. The van der Waals surface area contributed by atoms with Crippen molar-refractivity contribution in [3.63, 3.8) is 0 Å². The second kappa shape index (κ2) is 6.39. The maximum atomic E-state index is 11.9. The summed E-state index contributed by atoms with van der Waals surface area (Å²) in [7, 11) is 0. The summed E-state index contributed by atoms with van der Waals surface area (Å²) in [6.07, 6.45) is 0. The van der Waals surface area contributed by atoms with Gasteiger partial charge in [-0.15, -0.1) is 0 Å². The Bertz CT molecular complexity index is 881. The van der Waals surface area contributed by atoms with Crippen molar-refractivity contribution in [3.8, 4) is 0 Å². The lowest BCUT2D eigenvalue weighted by Gasteiger charge is -2.12. The van der Waals surface area contributed by atoms with Gasteiger partial charge in [0, 0.05) is 22.6 Å². The fraction of sp³-hybridized carbons (Fsp3) is 0.250. The van der Waals surface area contributed by atoms with E-state index in [0.717, 1.165) is 28.6 Å². The van der Waals surface area contributed by atoms with Crippen LogP contribution in [0.25, 0.3) is 11.0 Å². The van der Waals surface area contributed by atoms with Gasteiger partial charge in [-0.25, -0.2) is 4.79 Å². The SMILES string of the molecule is Cc1ccc2c(C[NH2+][C@@H](C)c3ccccc3)cc(=O)oc2c1C. The molecule has 0 aliphatic rings. The average Bonchev–Trinajstić information content (AvgIpc) is 2.57. The Morgan fingerprint density at radius 1 is 1.09 bits per heavy atom. The molecule has 1 aromatic heterocycles. The minimum Gasteiger partial charge on any atom is -0.422 e. The lowest BCUT2D eigenvalue weighted by Crippen LogP contribution is -2.83. The van der Waals surface area contributed by atoms with Crippen LogP contribution in [0.15, 0.2) is 57.7 Å². The summed E-state index contributed by atoms with van der Waals surface area (Å²) in [5.41, 5.74) is 4.93. The quantitative estimate of drug-likeness (QED) is 0.752. The highest BCUT2D eigenvalue weighted by Crippen LogP contribution is 2.22. The van der Waals surface area contributed by atoms with E-state index in [1.807, 2.05) is 19.9 Å². The second-order valence-corrected chi connectivity index (χ2v) is 6.11. The number of quaternary nitrogens is 1. The fourth-order valence-corrected chi connectivity index (χ4v) is 2.89. The Morgan fingerprint density at radius 2 is 1.83 bits per heavy atom. The van der Waals surface area contributed by atoms with Gasteiger partial charge in [-0.1, -0.05) is 42.5 Å². The molecule has 2 N–H and O–H groups in total. The topological polar surface area (TPSA) is 46.8 Å². The van der Waals surface area contributed by atoms with Crippen molar-refractivity contribution in [2.45, 2.75) is 33.4 Å². The molecular weight excluding hydrogens is 286 g/mol. The minimum atomic E-state index is -0.276. The van der Waals surface area contributed by atoms with Crippen molar-refractivity contribution in [3.05, 3.63) is 81.2 Å². The van der Waals surface area contributed by atoms with Crippen LogP contribution in [-0.2, 0) is 6.54 Å². The van der Waals surface area contributed by atoms with E-state index >= 15 is 0 Å². The highest BCUT2D eigenvalue weighted by Gasteiger charge is 2.13. The molecule has 1 atom stereocenters. The van der Waals surface area contributed by atoms with Gasteiger partial charge in [0.25, 0.3) is 0 Å². The van der Waals surface area contributed by atoms with Crippen LogP contribution in [0.4, 0.5) is 0 Å². The number of hydrogen-bond donors (Lipinski definition) is 1. The molecule has 0 spiro atoms. The van der Waals surface area contributed by atoms with Crippen molar-refractivity contribution in [1.29, 1.82) is 0 Å². The van der Waals surface area contributed by atoms with Crippen molar-refractivity contribution in [2.24, 2.45) is 0 Å². The number of benzene rings is 2. The summed E-state index contributed by atoms with van der Waals surface area (Å²) in [6, 6.07) is 16.5. The summed E-state index contributed by atoms with van der Waals surface area (Å²) in [5, 5.41) is 3.28. The van der Waals surface area contributed by atoms with Crippen LogP contribution in [-0.4, -0.2) is 0 Å². The Balaban J connectivity index is 1.91. The van der Waals surface area contributed by atoms with E-state index in [-0.39, 0.29) is 5.63 Å². The van der Waals surface area contributed by atoms with Crippen LogP contribution in [0.1, 0.15) is 35.2 Å². The van der Waals surface area contributed by atoms with E-state index in [1.165, 1.54) is 5.56 Å². The molecule has 0 radical (unpaired) electrons. The maximum Gasteiger partial charge on any atom is 0.336 e. The lowest BCUT2D eigenvalue weighted by atomic mass is 10.0. The molecule has 0 aliphatic carbocycles. The zero-order valence-corrected chi connectivity index (χ0v) is 13.8. The molecule has 3 rings (SSSR count). The van der Waals surface area contributed by atoms with Gasteiger partial charge in [0.05, 0.1) is 0 Å². The molecule has 0 saturated carbocycles. The number of aryl methyl sites for hydroxylation is 2. The predicted octanol–water partition coefficient (Wildman–Crippen LogP) is 3.23. The van der Waals surface area contributed by atoms with Crippen LogP contribution in [0.3, 0.4) is 0 Å². The van der Waals surface area contributed by atoms with Gasteiger partial charge in [-0.2, -0.15) is 0 Å². The van der Waals surface area contributed by atoms with Gasteiger partial charge in [-0.3, -0.25) is 0 Å². The molecule has 0 aliphatic heterocycles. The average molecular weight is 308 g/mol. The van der Waals surface area contributed by atoms with Crippen molar-refractivity contribution < 1.29 is 9.73 Å². The molecular formula is C20H22NO2+. The Morgan fingerprint density at radius 3 is 2.57 bits per heavy atom. The lowest BCUT2D eigenvalue weighted by molar-refractivity contribution is -0.707. The van der Waals surface area contributed by atoms with Gasteiger partial charge in [0.1, 0.15) is 18.2 Å². The van der Waals surface area contributed by atoms with Gasteiger partial charge in [0.2, 0.25) is 0 Å². The summed E-state index contributed by atoms with van der Waals surface area (Å²) >= 11 is 0. The standard InChI is InChI=1S/C20H21NO2/c1-13-9-10-18-17(11-19(22)23-20(18)14(13)2)12-21-15(3)16-7-5-4-6-8-16/h4-11,15,21H,12H2,1-3H3/p+1/t15-/m0/s1. The minimum absolute atomic E-state index is 0.276. The largest absolute Gasteiger partial charge is 0.422 e. The van der Waals surface area contributed by atoms with Gasteiger partial charge >= 0.3 is 5.63 Å². The van der Waals surface area contributed by atoms with E-state index in [1.54, 1.807) is 6.07 Å². The van der Waals surface area contributed by atoms with E-state index in [4.69, 9.17) is 4.42 Å². The Kier molecular flexibility index (Phi) is 4.30. The molecule has 0 amide bonds. The number of hydrogen-bond acceptors (Lipinski definition) is 2. The Hall–Kier alpha value is -2.39. The number of nitrogens with two attached hydrogens (primary N) is 1. The molecule has 3 heteroatoms. The monoisotopic (exact) mass is 308 g/mol. The third-order valence-corrected chi connectivity index (χ3v) is 4.53. The first-order valence-electron chi connectivity index (χ1n) is 7.97. The fourth-order valence-electron chi connectivity index (χ4n) is 2.89. The molecule has 23 heavy (non-hydrogen) atoms. The summed E-state index contributed by atoms with van der Waals surface area (Å²) < 4.78 is 5.44. The second-order valence-electron chi connectivity index (χ2n) is 6.11. The zero-order valence-electron chi connectivity index (χ0n) is 13.8. The summed E-state index contributed by atoms with van der Waals surface area (Å²) in [6.45, 7) is 6.96. The molecule has 1 heterocycles. The maximum absolute atomic E-state index is 11.9. The van der Waals surface area contributed by atoms with Crippen LogP contribution in [0, 0.1) is 13.8 Å². The molecule has 3 nitrogen and oxygen atoms in total. The van der Waals surface area contributed by atoms with Gasteiger partial charge in [0.15, 0.2) is 0 Å². The van der Waals surface area contributed by atoms with Gasteiger partial charge < -0.3 is 9.73 Å². The highest BCUT2D eigenvalue weighted by molar-refractivity contribution is 5.83. The van der Waals surface area contributed by atoms with Crippen molar-refractivity contribution in [1.82, 2.24) is 0 Å². The van der Waals surface area contributed by atoms with E-state index < -0.39 is 0 Å². The normalized spacial score (nSPS) is 12.5. The van der Waals surface area contributed by atoms with Crippen LogP contribution in [0.5, 0.6) is 0 Å². The van der Waals surface area contributed by atoms with E-state index in [9.17, 15) is 4.79 Å². The number of rotatable bonds is 4. The first kappa shape index (κ1) is 15.5. The summed E-state index contributed by atoms with van der Waals surface area (Å²) in [4.78, 5) is 11.9. The van der Waals surface area contributed by atoms with Crippen molar-refractivity contribution >= 4 is 11.0 Å². The molecule has 0 saturated heterocycles. The molecule has 0 fully saturated rings. The molecule has 2 aromatic carbocycles.